The summed E-state index contributed by atoms with van der Waals surface area (Å²) in [5.41, 5.74) is 1.06. The van der Waals surface area contributed by atoms with Crippen molar-refractivity contribution in [1.29, 1.82) is 0 Å². The minimum Gasteiger partial charge on any atom is -0.493 e. The summed E-state index contributed by atoms with van der Waals surface area (Å²) in [5, 5.41) is 4.16. The van der Waals surface area contributed by atoms with Gasteiger partial charge in [0.15, 0.2) is 0 Å². The molecule has 0 saturated heterocycles. The summed E-state index contributed by atoms with van der Waals surface area (Å²) >= 11 is 6.27. The van der Waals surface area contributed by atoms with E-state index >= 15 is 0 Å². The standard InChI is InChI=1S/C16H26ClNO/c1-5-7-13(4)11-19-16-9-6-8-15(17)14(16)10-18-12(2)3/h6,8-9,12-13,18H,5,7,10-11H2,1-4H3. The Labute approximate surface area is 122 Å². The molecule has 1 N–H and O–H groups in total. The molecule has 3 heteroatoms. The number of nitrogens with one attached hydrogen (secondary N) is 1. The molecule has 0 aliphatic carbocycles. The molecule has 1 rings (SSSR count). The van der Waals surface area contributed by atoms with Gasteiger partial charge in [-0.2, -0.15) is 0 Å². The number of rotatable bonds is 8. The summed E-state index contributed by atoms with van der Waals surface area (Å²) in [6, 6.07) is 6.30. The van der Waals surface area contributed by atoms with E-state index in [4.69, 9.17) is 16.3 Å². The van der Waals surface area contributed by atoms with Crippen LogP contribution in [0.2, 0.25) is 5.02 Å². The highest BCUT2D eigenvalue weighted by atomic mass is 35.5. The first-order valence-electron chi connectivity index (χ1n) is 7.18. The van der Waals surface area contributed by atoms with E-state index in [1.807, 2.05) is 18.2 Å². The topological polar surface area (TPSA) is 21.3 Å². The highest BCUT2D eigenvalue weighted by Gasteiger charge is 2.10. The lowest BCUT2D eigenvalue weighted by Gasteiger charge is -2.17. The van der Waals surface area contributed by atoms with Gasteiger partial charge in [-0.1, -0.05) is 51.8 Å². The molecule has 19 heavy (non-hydrogen) atoms. The number of hydrogen-bond acceptors (Lipinski definition) is 2. The van der Waals surface area contributed by atoms with Gasteiger partial charge < -0.3 is 10.1 Å². The van der Waals surface area contributed by atoms with Crippen LogP contribution in [0.25, 0.3) is 0 Å². The van der Waals surface area contributed by atoms with Crippen molar-refractivity contribution in [2.75, 3.05) is 6.61 Å². The third-order valence-corrected chi connectivity index (χ3v) is 3.42. The third-order valence-electron chi connectivity index (χ3n) is 3.07. The van der Waals surface area contributed by atoms with Crippen LogP contribution in [-0.4, -0.2) is 12.6 Å². The first-order chi connectivity index (χ1) is 9.04. The van der Waals surface area contributed by atoms with Gasteiger partial charge in [0.2, 0.25) is 0 Å². The summed E-state index contributed by atoms with van der Waals surface area (Å²) in [6.07, 6.45) is 2.39. The fourth-order valence-electron chi connectivity index (χ4n) is 1.96. The van der Waals surface area contributed by atoms with Gasteiger partial charge in [-0.15, -0.1) is 0 Å². The van der Waals surface area contributed by atoms with Crippen molar-refractivity contribution in [2.45, 2.75) is 53.1 Å². The molecule has 0 amide bonds. The van der Waals surface area contributed by atoms with Gasteiger partial charge in [-0.25, -0.2) is 0 Å². The smallest absolute Gasteiger partial charge is 0.125 e. The molecule has 108 valence electrons. The lowest BCUT2D eigenvalue weighted by Crippen LogP contribution is -2.22. The van der Waals surface area contributed by atoms with E-state index < -0.39 is 0 Å². The zero-order valence-corrected chi connectivity index (χ0v) is 13.3. The number of ether oxygens (including phenoxy) is 1. The Morgan fingerprint density at radius 2 is 2.00 bits per heavy atom. The molecule has 0 bridgehead atoms. The van der Waals surface area contributed by atoms with Crippen LogP contribution in [0.3, 0.4) is 0 Å². The van der Waals surface area contributed by atoms with Crippen molar-refractivity contribution >= 4 is 11.6 Å². The lowest BCUT2D eigenvalue weighted by atomic mass is 10.1. The Balaban J connectivity index is 2.68. The molecular weight excluding hydrogens is 258 g/mol. The van der Waals surface area contributed by atoms with Gasteiger partial charge in [0.1, 0.15) is 5.75 Å². The molecule has 0 saturated carbocycles. The zero-order chi connectivity index (χ0) is 14.3. The molecule has 1 aromatic carbocycles. The first kappa shape index (κ1) is 16.3. The maximum atomic E-state index is 6.27. The second kappa shape index (κ2) is 8.44. The Hall–Kier alpha value is -0.730. The highest BCUT2D eigenvalue weighted by molar-refractivity contribution is 6.31. The van der Waals surface area contributed by atoms with Gasteiger partial charge in [-0.3, -0.25) is 0 Å². The Morgan fingerprint density at radius 3 is 2.63 bits per heavy atom. The second-order valence-electron chi connectivity index (χ2n) is 5.46. The normalized spacial score (nSPS) is 12.7. The van der Waals surface area contributed by atoms with E-state index in [0.717, 1.165) is 29.5 Å². The predicted molar refractivity (Wildman–Crippen MR) is 83.0 cm³/mol. The Morgan fingerprint density at radius 1 is 1.26 bits per heavy atom. The number of hydrogen-bond donors (Lipinski definition) is 1. The Bertz CT molecular complexity index is 379. The van der Waals surface area contributed by atoms with Gasteiger partial charge >= 0.3 is 0 Å². The molecule has 1 atom stereocenters. The quantitative estimate of drug-likeness (QED) is 0.750. The van der Waals surface area contributed by atoms with Crippen molar-refractivity contribution < 1.29 is 4.74 Å². The van der Waals surface area contributed by atoms with Gasteiger partial charge in [0, 0.05) is 23.2 Å². The molecule has 0 aliphatic rings. The lowest BCUT2D eigenvalue weighted by molar-refractivity contribution is 0.249. The minimum atomic E-state index is 0.433. The zero-order valence-electron chi connectivity index (χ0n) is 12.5. The van der Waals surface area contributed by atoms with E-state index in [0.29, 0.717) is 12.0 Å². The van der Waals surface area contributed by atoms with Crippen molar-refractivity contribution in [2.24, 2.45) is 5.92 Å². The molecule has 0 aliphatic heterocycles. The third kappa shape index (κ3) is 5.84. The molecule has 2 nitrogen and oxygen atoms in total. The van der Waals surface area contributed by atoms with Gasteiger partial charge in [0.05, 0.1) is 6.61 Å². The molecule has 0 aromatic heterocycles. The molecule has 1 unspecified atom stereocenters. The van der Waals surface area contributed by atoms with E-state index in [-0.39, 0.29) is 0 Å². The fourth-order valence-corrected chi connectivity index (χ4v) is 2.19. The Kier molecular flexibility index (Phi) is 7.25. The van der Waals surface area contributed by atoms with Crippen LogP contribution in [0.1, 0.15) is 46.1 Å². The molecule has 1 aromatic rings. The summed E-state index contributed by atoms with van der Waals surface area (Å²) < 4.78 is 5.94. The van der Waals surface area contributed by atoms with Crippen LogP contribution >= 0.6 is 11.6 Å². The molecule has 0 radical (unpaired) electrons. The van der Waals surface area contributed by atoms with Crippen molar-refractivity contribution in [3.63, 3.8) is 0 Å². The van der Waals surface area contributed by atoms with Gasteiger partial charge in [0.25, 0.3) is 0 Å². The van der Waals surface area contributed by atoms with Crippen LogP contribution in [0, 0.1) is 5.92 Å². The van der Waals surface area contributed by atoms with E-state index in [2.05, 4.69) is 33.0 Å². The number of benzene rings is 1. The van der Waals surface area contributed by atoms with Crippen LogP contribution in [-0.2, 0) is 6.54 Å². The highest BCUT2D eigenvalue weighted by Crippen LogP contribution is 2.27. The summed E-state index contributed by atoms with van der Waals surface area (Å²) in [4.78, 5) is 0. The van der Waals surface area contributed by atoms with Crippen LogP contribution < -0.4 is 10.1 Å². The van der Waals surface area contributed by atoms with Crippen LogP contribution in [0.15, 0.2) is 18.2 Å². The SMILES string of the molecule is CCCC(C)COc1cccc(Cl)c1CNC(C)C. The maximum Gasteiger partial charge on any atom is 0.125 e. The summed E-state index contributed by atoms with van der Waals surface area (Å²) in [6.45, 7) is 10.2. The summed E-state index contributed by atoms with van der Waals surface area (Å²) in [7, 11) is 0. The van der Waals surface area contributed by atoms with Gasteiger partial charge in [-0.05, 0) is 24.5 Å². The largest absolute Gasteiger partial charge is 0.493 e. The van der Waals surface area contributed by atoms with E-state index in [9.17, 15) is 0 Å². The monoisotopic (exact) mass is 283 g/mol. The van der Waals surface area contributed by atoms with Crippen LogP contribution in [0.4, 0.5) is 0 Å². The van der Waals surface area contributed by atoms with E-state index in [1.165, 1.54) is 12.8 Å². The molecular formula is C16H26ClNO. The second-order valence-corrected chi connectivity index (χ2v) is 5.86. The maximum absolute atomic E-state index is 6.27. The molecule has 0 heterocycles. The van der Waals surface area contributed by atoms with Crippen molar-refractivity contribution in [3.05, 3.63) is 28.8 Å². The van der Waals surface area contributed by atoms with Crippen molar-refractivity contribution in [1.82, 2.24) is 5.32 Å². The average molecular weight is 284 g/mol. The van der Waals surface area contributed by atoms with E-state index in [1.54, 1.807) is 0 Å². The summed E-state index contributed by atoms with van der Waals surface area (Å²) in [5.74, 6) is 1.48. The molecule has 0 spiro atoms. The predicted octanol–water partition coefficient (Wildman–Crippen LogP) is 4.65. The first-order valence-corrected chi connectivity index (χ1v) is 7.56. The van der Waals surface area contributed by atoms with Crippen molar-refractivity contribution in [3.8, 4) is 5.75 Å². The number of halogens is 1. The fraction of sp³-hybridized carbons (Fsp3) is 0.625. The van der Waals surface area contributed by atoms with Crippen LogP contribution in [0.5, 0.6) is 5.75 Å². The molecule has 0 fully saturated rings. The average Bonchev–Trinajstić information content (AvgIpc) is 2.35. The minimum absolute atomic E-state index is 0.433.